The molecular formula is C11H16N2. The van der Waals surface area contributed by atoms with E-state index in [1.54, 1.807) is 0 Å². The molecule has 2 nitrogen and oxygen atoms in total. The average Bonchev–Trinajstić information content (AvgIpc) is 2.67. The average molecular weight is 176 g/mol. The monoisotopic (exact) mass is 176 g/mol. The van der Waals surface area contributed by atoms with Gasteiger partial charge in [0.1, 0.15) is 0 Å². The fourth-order valence-corrected chi connectivity index (χ4v) is 2.11. The second kappa shape index (κ2) is 3.88. The fourth-order valence-electron chi connectivity index (χ4n) is 2.11. The van der Waals surface area contributed by atoms with Gasteiger partial charge in [-0.2, -0.15) is 0 Å². The quantitative estimate of drug-likeness (QED) is 0.687. The largest absolute Gasteiger partial charge is 0.295 e. The Morgan fingerprint density at radius 3 is 3.15 bits per heavy atom. The van der Waals surface area contributed by atoms with Crippen molar-refractivity contribution in [3.05, 3.63) is 30.1 Å². The first-order valence-corrected chi connectivity index (χ1v) is 5.07. The van der Waals surface area contributed by atoms with Crippen molar-refractivity contribution in [3.63, 3.8) is 0 Å². The molecule has 1 unspecified atom stereocenters. The number of nitrogens with zero attached hydrogens (tertiary/aromatic N) is 2. The molecule has 1 aliphatic heterocycles. The molecule has 70 valence electrons. The second-order valence-electron chi connectivity index (χ2n) is 3.54. The van der Waals surface area contributed by atoms with Crippen LogP contribution in [0.15, 0.2) is 24.4 Å². The normalized spacial score (nSPS) is 23.6. The molecule has 1 fully saturated rings. The molecule has 0 radical (unpaired) electrons. The third-order valence-electron chi connectivity index (χ3n) is 2.80. The number of likely N-dealkylation sites (tertiary alicyclic amines) is 1. The van der Waals surface area contributed by atoms with Gasteiger partial charge in [-0.1, -0.05) is 13.0 Å². The van der Waals surface area contributed by atoms with Gasteiger partial charge in [-0.3, -0.25) is 9.88 Å². The first-order chi connectivity index (χ1) is 6.42. The van der Waals surface area contributed by atoms with E-state index in [2.05, 4.69) is 28.9 Å². The highest BCUT2D eigenvalue weighted by Gasteiger charge is 2.24. The molecule has 0 aliphatic carbocycles. The van der Waals surface area contributed by atoms with Gasteiger partial charge < -0.3 is 0 Å². The Morgan fingerprint density at radius 1 is 1.54 bits per heavy atom. The van der Waals surface area contributed by atoms with Crippen LogP contribution in [0.5, 0.6) is 0 Å². The van der Waals surface area contributed by atoms with Crippen LogP contribution in [0.25, 0.3) is 0 Å². The number of hydrogen-bond acceptors (Lipinski definition) is 2. The topological polar surface area (TPSA) is 16.1 Å². The zero-order chi connectivity index (χ0) is 9.10. The lowest BCUT2D eigenvalue weighted by atomic mass is 10.1. The van der Waals surface area contributed by atoms with E-state index in [1.165, 1.54) is 25.1 Å². The van der Waals surface area contributed by atoms with Crippen molar-refractivity contribution in [1.29, 1.82) is 0 Å². The van der Waals surface area contributed by atoms with Crippen molar-refractivity contribution in [2.75, 3.05) is 13.1 Å². The van der Waals surface area contributed by atoms with E-state index < -0.39 is 0 Å². The summed E-state index contributed by atoms with van der Waals surface area (Å²) in [4.78, 5) is 6.92. The lowest BCUT2D eigenvalue weighted by Crippen LogP contribution is -2.23. The molecule has 1 saturated heterocycles. The van der Waals surface area contributed by atoms with Crippen LogP contribution in [-0.2, 0) is 0 Å². The first kappa shape index (κ1) is 8.70. The minimum atomic E-state index is 0.575. The molecular weight excluding hydrogens is 160 g/mol. The summed E-state index contributed by atoms with van der Waals surface area (Å²) in [5, 5.41) is 0. The molecule has 0 bridgehead atoms. The number of rotatable bonds is 2. The summed E-state index contributed by atoms with van der Waals surface area (Å²) in [7, 11) is 0. The van der Waals surface area contributed by atoms with Crippen molar-refractivity contribution in [2.24, 2.45) is 0 Å². The predicted octanol–water partition coefficient (Wildman–Crippen LogP) is 2.24. The zero-order valence-corrected chi connectivity index (χ0v) is 8.11. The number of hydrogen-bond donors (Lipinski definition) is 0. The van der Waals surface area contributed by atoms with Crippen molar-refractivity contribution >= 4 is 0 Å². The van der Waals surface area contributed by atoms with Gasteiger partial charge in [-0.25, -0.2) is 0 Å². The maximum absolute atomic E-state index is 4.42. The minimum Gasteiger partial charge on any atom is -0.295 e. The maximum Gasteiger partial charge on any atom is 0.0575 e. The van der Waals surface area contributed by atoms with Crippen LogP contribution < -0.4 is 0 Å². The van der Waals surface area contributed by atoms with Gasteiger partial charge in [-0.05, 0) is 38.1 Å². The van der Waals surface area contributed by atoms with Crippen LogP contribution in [0.3, 0.4) is 0 Å². The van der Waals surface area contributed by atoms with Crippen LogP contribution in [0.4, 0.5) is 0 Å². The Hall–Kier alpha value is -0.890. The van der Waals surface area contributed by atoms with Gasteiger partial charge in [0.15, 0.2) is 0 Å². The standard InChI is InChI=1S/C11H16N2/c1-2-13-9-5-7-11(13)10-6-3-4-8-12-10/h3-4,6,8,11H,2,5,7,9H2,1H3. The van der Waals surface area contributed by atoms with Gasteiger partial charge in [0, 0.05) is 6.20 Å². The van der Waals surface area contributed by atoms with E-state index in [9.17, 15) is 0 Å². The summed E-state index contributed by atoms with van der Waals surface area (Å²) in [6, 6.07) is 6.77. The highest BCUT2D eigenvalue weighted by Crippen LogP contribution is 2.29. The zero-order valence-electron chi connectivity index (χ0n) is 8.11. The minimum absolute atomic E-state index is 0.575. The second-order valence-corrected chi connectivity index (χ2v) is 3.54. The highest BCUT2D eigenvalue weighted by atomic mass is 15.2. The Morgan fingerprint density at radius 2 is 2.46 bits per heavy atom. The Kier molecular flexibility index (Phi) is 2.60. The molecule has 2 heterocycles. The summed E-state index contributed by atoms with van der Waals surface area (Å²) in [5.74, 6) is 0. The first-order valence-electron chi connectivity index (χ1n) is 5.07. The van der Waals surface area contributed by atoms with Gasteiger partial charge in [0.25, 0.3) is 0 Å². The molecule has 0 amide bonds. The van der Waals surface area contributed by atoms with Crippen molar-refractivity contribution in [3.8, 4) is 0 Å². The summed E-state index contributed by atoms with van der Waals surface area (Å²) in [5.41, 5.74) is 1.24. The molecule has 2 heteroatoms. The molecule has 0 saturated carbocycles. The van der Waals surface area contributed by atoms with E-state index >= 15 is 0 Å². The highest BCUT2D eigenvalue weighted by molar-refractivity contribution is 5.10. The Bertz CT molecular complexity index is 258. The van der Waals surface area contributed by atoms with Gasteiger partial charge in [0.05, 0.1) is 11.7 Å². The van der Waals surface area contributed by atoms with E-state index in [-0.39, 0.29) is 0 Å². The lowest BCUT2D eigenvalue weighted by molar-refractivity contribution is 0.267. The van der Waals surface area contributed by atoms with Gasteiger partial charge in [-0.15, -0.1) is 0 Å². The number of aromatic nitrogens is 1. The van der Waals surface area contributed by atoms with Crippen LogP contribution in [-0.4, -0.2) is 23.0 Å². The Balaban J connectivity index is 2.16. The smallest absolute Gasteiger partial charge is 0.0575 e. The predicted molar refractivity (Wildman–Crippen MR) is 53.5 cm³/mol. The molecule has 1 aromatic heterocycles. The Labute approximate surface area is 79.6 Å². The van der Waals surface area contributed by atoms with E-state index in [1.807, 2.05) is 12.3 Å². The van der Waals surface area contributed by atoms with E-state index in [0.717, 1.165) is 6.54 Å². The third-order valence-corrected chi connectivity index (χ3v) is 2.80. The van der Waals surface area contributed by atoms with E-state index in [0.29, 0.717) is 6.04 Å². The van der Waals surface area contributed by atoms with E-state index in [4.69, 9.17) is 0 Å². The molecule has 1 aliphatic rings. The van der Waals surface area contributed by atoms with Gasteiger partial charge >= 0.3 is 0 Å². The lowest BCUT2D eigenvalue weighted by Gasteiger charge is -2.21. The summed E-state index contributed by atoms with van der Waals surface area (Å²) >= 11 is 0. The fraction of sp³-hybridized carbons (Fsp3) is 0.545. The SMILES string of the molecule is CCN1CCCC1c1ccccn1. The summed E-state index contributed by atoms with van der Waals surface area (Å²) < 4.78 is 0. The molecule has 0 aromatic carbocycles. The van der Waals surface area contributed by atoms with Crippen LogP contribution in [0.2, 0.25) is 0 Å². The van der Waals surface area contributed by atoms with Crippen LogP contribution in [0, 0.1) is 0 Å². The molecule has 2 rings (SSSR count). The van der Waals surface area contributed by atoms with Crippen molar-refractivity contribution in [2.45, 2.75) is 25.8 Å². The maximum atomic E-state index is 4.42. The third kappa shape index (κ3) is 1.73. The summed E-state index contributed by atoms with van der Waals surface area (Å²) in [6.45, 7) is 4.60. The molecule has 1 aromatic rings. The van der Waals surface area contributed by atoms with Crippen LogP contribution >= 0.6 is 0 Å². The molecule has 0 N–H and O–H groups in total. The molecule has 0 spiro atoms. The van der Waals surface area contributed by atoms with Crippen molar-refractivity contribution < 1.29 is 0 Å². The summed E-state index contributed by atoms with van der Waals surface area (Å²) in [6.07, 6.45) is 4.47. The molecule has 13 heavy (non-hydrogen) atoms. The van der Waals surface area contributed by atoms with Gasteiger partial charge in [0.2, 0.25) is 0 Å². The molecule has 1 atom stereocenters. The number of pyridine rings is 1. The van der Waals surface area contributed by atoms with Crippen LogP contribution in [0.1, 0.15) is 31.5 Å². The van der Waals surface area contributed by atoms with Crippen molar-refractivity contribution in [1.82, 2.24) is 9.88 Å².